The summed E-state index contributed by atoms with van der Waals surface area (Å²) in [4.78, 5) is 0. The van der Waals surface area contributed by atoms with Crippen LogP contribution in [0.3, 0.4) is 0 Å². The van der Waals surface area contributed by atoms with Crippen LogP contribution in [-0.2, 0) is 4.74 Å². The van der Waals surface area contributed by atoms with Crippen LogP contribution in [0, 0.1) is 30.6 Å². The van der Waals surface area contributed by atoms with Gasteiger partial charge in [0.2, 0.25) is 0 Å². The van der Waals surface area contributed by atoms with E-state index in [0.717, 1.165) is 26.1 Å². The first kappa shape index (κ1) is 8.62. The molecule has 0 N–H and O–H groups in total. The lowest BCUT2D eigenvalue weighted by Gasteiger charge is -2.24. The first-order chi connectivity index (χ1) is 5.34. The van der Waals surface area contributed by atoms with Crippen LogP contribution in [0.2, 0.25) is 0 Å². The van der Waals surface area contributed by atoms with Gasteiger partial charge in [-0.1, -0.05) is 5.92 Å². The maximum atomic E-state index is 5.25. The third kappa shape index (κ3) is 2.55. The van der Waals surface area contributed by atoms with Crippen LogP contribution < -0.4 is 0 Å². The summed E-state index contributed by atoms with van der Waals surface area (Å²) in [6.07, 6.45) is 2.26. The number of hydrogen-bond acceptors (Lipinski definition) is 1. The number of hydrogen-bond donors (Lipinski definition) is 0. The second kappa shape index (κ2) is 4.41. The molecule has 1 fully saturated rings. The van der Waals surface area contributed by atoms with Gasteiger partial charge in [0.1, 0.15) is 0 Å². The molecule has 1 aliphatic heterocycles. The van der Waals surface area contributed by atoms with Gasteiger partial charge in [0.15, 0.2) is 0 Å². The zero-order valence-corrected chi connectivity index (χ0v) is 7.10. The van der Waals surface area contributed by atoms with Crippen molar-refractivity contribution in [3.8, 4) is 11.8 Å². The summed E-state index contributed by atoms with van der Waals surface area (Å²) < 4.78 is 5.25. The molecule has 1 unspecified atom stereocenters. The lowest BCUT2D eigenvalue weighted by molar-refractivity contribution is 0.0599. The van der Waals surface area contributed by atoms with Gasteiger partial charge in [-0.05, 0) is 32.6 Å². The van der Waals surface area contributed by atoms with E-state index in [1.165, 1.54) is 0 Å². The fourth-order valence-electron chi connectivity index (χ4n) is 1.42. The fourth-order valence-corrected chi connectivity index (χ4v) is 1.42. The predicted octanol–water partition coefficient (Wildman–Crippen LogP) is 1.89. The van der Waals surface area contributed by atoms with Crippen LogP contribution in [0.4, 0.5) is 0 Å². The van der Waals surface area contributed by atoms with Crippen molar-refractivity contribution in [1.29, 1.82) is 0 Å². The van der Waals surface area contributed by atoms with E-state index in [9.17, 15) is 0 Å². The van der Waals surface area contributed by atoms with Gasteiger partial charge >= 0.3 is 0 Å². The summed E-state index contributed by atoms with van der Waals surface area (Å²) in [5, 5.41) is 0. The third-order valence-corrected chi connectivity index (χ3v) is 2.16. The van der Waals surface area contributed by atoms with E-state index in [1.807, 2.05) is 6.92 Å². The van der Waals surface area contributed by atoms with Crippen molar-refractivity contribution in [3.05, 3.63) is 6.92 Å². The third-order valence-electron chi connectivity index (χ3n) is 2.16. The van der Waals surface area contributed by atoms with Crippen LogP contribution in [0.25, 0.3) is 0 Å². The van der Waals surface area contributed by atoms with Crippen molar-refractivity contribution in [3.63, 3.8) is 0 Å². The Morgan fingerprint density at radius 3 is 2.64 bits per heavy atom. The molecule has 1 saturated heterocycles. The molecule has 1 atom stereocenters. The Labute approximate surface area is 69.1 Å². The normalized spacial score (nSPS) is 22.0. The van der Waals surface area contributed by atoms with Crippen molar-refractivity contribution in [2.45, 2.75) is 19.8 Å². The summed E-state index contributed by atoms with van der Waals surface area (Å²) in [6.45, 7) is 7.68. The Bertz CT molecular complexity index is 157. The lowest BCUT2D eigenvalue weighted by Crippen LogP contribution is -2.20. The molecule has 0 aromatic heterocycles. The highest BCUT2D eigenvalue weighted by molar-refractivity contribution is 5.04. The Hall–Kier alpha value is -0.480. The standard InChI is InChI=1S/C10H15O/c1-3-4-9(2)10-5-7-11-8-6-10/h9-10H,2,5-8H2,1H3. The van der Waals surface area contributed by atoms with E-state index in [-0.39, 0.29) is 0 Å². The second-order valence-corrected chi connectivity index (χ2v) is 2.95. The minimum Gasteiger partial charge on any atom is -0.381 e. The summed E-state index contributed by atoms with van der Waals surface area (Å²) >= 11 is 0. The Balaban J connectivity index is 2.36. The van der Waals surface area contributed by atoms with Gasteiger partial charge in [-0.15, -0.1) is 5.92 Å². The molecule has 1 nitrogen and oxygen atoms in total. The predicted molar refractivity (Wildman–Crippen MR) is 45.8 cm³/mol. The lowest BCUT2D eigenvalue weighted by atomic mass is 9.88. The summed E-state index contributed by atoms with van der Waals surface area (Å²) in [5.41, 5.74) is 0. The van der Waals surface area contributed by atoms with Crippen molar-refractivity contribution in [2.24, 2.45) is 11.8 Å². The van der Waals surface area contributed by atoms with Gasteiger partial charge in [0.25, 0.3) is 0 Å². The molecule has 1 rings (SSSR count). The van der Waals surface area contributed by atoms with Gasteiger partial charge in [-0.2, -0.15) is 0 Å². The minimum atomic E-state index is 0.309. The molecule has 1 heterocycles. The molecule has 0 aromatic carbocycles. The molecule has 1 heteroatoms. The minimum absolute atomic E-state index is 0.309. The monoisotopic (exact) mass is 151 g/mol. The highest BCUT2D eigenvalue weighted by atomic mass is 16.5. The van der Waals surface area contributed by atoms with E-state index >= 15 is 0 Å². The molecule has 1 radical (unpaired) electrons. The average molecular weight is 151 g/mol. The second-order valence-electron chi connectivity index (χ2n) is 2.95. The van der Waals surface area contributed by atoms with Gasteiger partial charge in [0.05, 0.1) is 0 Å². The topological polar surface area (TPSA) is 9.23 Å². The quantitative estimate of drug-likeness (QED) is 0.520. The molecule has 0 saturated carbocycles. The summed E-state index contributed by atoms with van der Waals surface area (Å²) in [7, 11) is 0. The highest BCUT2D eigenvalue weighted by Crippen LogP contribution is 2.22. The molecule has 0 aliphatic carbocycles. The van der Waals surface area contributed by atoms with Crippen molar-refractivity contribution >= 4 is 0 Å². The van der Waals surface area contributed by atoms with E-state index in [4.69, 9.17) is 4.74 Å². The highest BCUT2D eigenvalue weighted by Gasteiger charge is 2.18. The molecule has 1 aliphatic rings. The maximum absolute atomic E-state index is 5.25. The van der Waals surface area contributed by atoms with Crippen LogP contribution in [0.5, 0.6) is 0 Å². The van der Waals surface area contributed by atoms with Gasteiger partial charge in [-0.3, -0.25) is 0 Å². The molecule has 0 aromatic rings. The van der Waals surface area contributed by atoms with E-state index < -0.39 is 0 Å². The Morgan fingerprint density at radius 1 is 1.45 bits per heavy atom. The molecular formula is C10H15O. The van der Waals surface area contributed by atoms with Crippen LogP contribution >= 0.6 is 0 Å². The van der Waals surface area contributed by atoms with Crippen molar-refractivity contribution in [2.75, 3.05) is 13.2 Å². The molecule has 11 heavy (non-hydrogen) atoms. The van der Waals surface area contributed by atoms with Crippen LogP contribution in [0.1, 0.15) is 19.8 Å². The first-order valence-corrected chi connectivity index (χ1v) is 4.17. The maximum Gasteiger partial charge on any atom is 0.0469 e. The zero-order chi connectivity index (χ0) is 8.10. The van der Waals surface area contributed by atoms with Gasteiger partial charge in [-0.25, -0.2) is 0 Å². The first-order valence-electron chi connectivity index (χ1n) is 4.17. The average Bonchev–Trinajstić information content (AvgIpc) is 2.07. The SMILES string of the molecule is [CH2]C(C#CC)C1CCOCC1. The van der Waals surface area contributed by atoms with E-state index in [0.29, 0.717) is 11.8 Å². The molecule has 0 amide bonds. The Kier molecular flexibility index (Phi) is 3.45. The van der Waals surface area contributed by atoms with Crippen LogP contribution in [-0.4, -0.2) is 13.2 Å². The number of ether oxygens (including phenoxy) is 1. The summed E-state index contributed by atoms with van der Waals surface area (Å²) in [6, 6.07) is 0. The van der Waals surface area contributed by atoms with Crippen molar-refractivity contribution in [1.82, 2.24) is 0 Å². The van der Waals surface area contributed by atoms with E-state index in [2.05, 4.69) is 18.8 Å². The van der Waals surface area contributed by atoms with Crippen molar-refractivity contribution < 1.29 is 4.74 Å². The molecule has 0 bridgehead atoms. The summed E-state index contributed by atoms with van der Waals surface area (Å²) in [5.74, 6) is 6.98. The molecule has 0 spiro atoms. The smallest absolute Gasteiger partial charge is 0.0469 e. The van der Waals surface area contributed by atoms with Crippen LogP contribution in [0.15, 0.2) is 0 Å². The zero-order valence-electron chi connectivity index (χ0n) is 7.10. The molecule has 61 valence electrons. The Morgan fingerprint density at radius 2 is 2.09 bits per heavy atom. The van der Waals surface area contributed by atoms with Gasteiger partial charge < -0.3 is 4.74 Å². The number of rotatable bonds is 1. The van der Waals surface area contributed by atoms with Gasteiger partial charge in [0, 0.05) is 19.1 Å². The molecular weight excluding hydrogens is 136 g/mol. The fraction of sp³-hybridized carbons (Fsp3) is 0.700. The van der Waals surface area contributed by atoms with E-state index in [1.54, 1.807) is 0 Å². The largest absolute Gasteiger partial charge is 0.381 e.